The molecule has 2 N–H and O–H groups in total. The molecule has 4 aliphatic carbocycles. The molecule has 32 heavy (non-hydrogen) atoms. The van der Waals surface area contributed by atoms with E-state index >= 15 is 0 Å². The van der Waals surface area contributed by atoms with E-state index in [9.17, 15) is 0 Å². The number of hydrogen-bond acceptors (Lipinski definition) is 1. The van der Waals surface area contributed by atoms with Crippen molar-refractivity contribution in [3.05, 3.63) is 11.6 Å². The Bertz CT molecular complexity index is 622. The highest BCUT2D eigenvalue weighted by Crippen LogP contribution is 2.67. The second-order valence-electron chi connectivity index (χ2n) is 13.0. The van der Waals surface area contributed by atoms with Gasteiger partial charge in [-0.05, 0) is 105 Å². The van der Waals surface area contributed by atoms with Crippen LogP contribution in [-0.4, -0.2) is 6.04 Å². The van der Waals surface area contributed by atoms with Gasteiger partial charge in [0.1, 0.15) is 0 Å². The molecule has 0 aliphatic heterocycles. The smallest absolute Gasteiger partial charge is 0.00418 e. The molecular formula is C31H55N. The van der Waals surface area contributed by atoms with Gasteiger partial charge < -0.3 is 5.73 Å². The van der Waals surface area contributed by atoms with Crippen LogP contribution in [0.1, 0.15) is 143 Å². The van der Waals surface area contributed by atoms with Gasteiger partial charge in [0, 0.05) is 6.04 Å². The van der Waals surface area contributed by atoms with Crippen LogP contribution in [0, 0.1) is 34.5 Å². The maximum atomic E-state index is 6.40. The van der Waals surface area contributed by atoms with Crippen molar-refractivity contribution in [1.82, 2.24) is 0 Å². The molecule has 0 aromatic heterocycles. The highest BCUT2D eigenvalue weighted by molar-refractivity contribution is 5.24. The first-order chi connectivity index (χ1) is 15.5. The van der Waals surface area contributed by atoms with Crippen molar-refractivity contribution < 1.29 is 0 Å². The summed E-state index contributed by atoms with van der Waals surface area (Å²) in [5.74, 6) is 3.88. The monoisotopic (exact) mass is 441 g/mol. The van der Waals surface area contributed by atoms with Crippen molar-refractivity contribution in [2.75, 3.05) is 0 Å². The van der Waals surface area contributed by atoms with Gasteiger partial charge in [-0.15, -0.1) is 0 Å². The lowest BCUT2D eigenvalue weighted by molar-refractivity contribution is -0.0999. The molecule has 4 unspecified atom stereocenters. The molecule has 4 rings (SSSR count). The van der Waals surface area contributed by atoms with E-state index in [4.69, 9.17) is 5.73 Å². The topological polar surface area (TPSA) is 26.0 Å². The number of fused-ring (bicyclic) bond motifs is 5. The molecule has 0 spiro atoms. The van der Waals surface area contributed by atoms with Gasteiger partial charge in [0.15, 0.2) is 0 Å². The third kappa shape index (κ3) is 5.04. The predicted octanol–water partition coefficient (Wildman–Crippen LogP) is 9.20. The average Bonchev–Trinajstić information content (AvgIpc) is 3.12. The molecule has 4 fully saturated rings. The summed E-state index contributed by atoms with van der Waals surface area (Å²) in [7, 11) is 0. The van der Waals surface area contributed by atoms with Gasteiger partial charge in [-0.25, -0.2) is 0 Å². The zero-order valence-electron chi connectivity index (χ0n) is 22.0. The van der Waals surface area contributed by atoms with Gasteiger partial charge >= 0.3 is 0 Å². The zero-order valence-corrected chi connectivity index (χ0v) is 22.0. The average molecular weight is 442 g/mol. The zero-order chi connectivity index (χ0) is 22.6. The predicted molar refractivity (Wildman–Crippen MR) is 140 cm³/mol. The Hall–Kier alpha value is -0.300. The molecule has 0 bridgehead atoms. The minimum atomic E-state index is 0.487. The van der Waals surface area contributed by atoms with E-state index in [1.165, 1.54) is 122 Å². The fourth-order valence-electron chi connectivity index (χ4n) is 9.21. The molecule has 1 heteroatoms. The quantitative estimate of drug-likeness (QED) is 0.265. The second kappa shape index (κ2) is 11.0. The molecule has 4 aliphatic rings. The first kappa shape index (κ1) is 24.8. The van der Waals surface area contributed by atoms with Crippen LogP contribution in [0.3, 0.4) is 0 Å². The number of nitrogens with two attached hydrogens (primary N) is 1. The Kier molecular flexibility index (Phi) is 8.50. The maximum Gasteiger partial charge on any atom is 0.00418 e. The van der Waals surface area contributed by atoms with E-state index < -0.39 is 0 Å². The number of allylic oxidation sites excluding steroid dienone is 2. The molecule has 184 valence electrons. The van der Waals surface area contributed by atoms with Gasteiger partial charge in [0.2, 0.25) is 0 Å². The summed E-state index contributed by atoms with van der Waals surface area (Å²) in [5, 5.41) is 0. The van der Waals surface area contributed by atoms with Crippen LogP contribution in [0.5, 0.6) is 0 Å². The van der Waals surface area contributed by atoms with Gasteiger partial charge in [-0.2, -0.15) is 0 Å². The Morgan fingerprint density at radius 2 is 1.53 bits per heavy atom. The lowest BCUT2D eigenvalue weighted by Gasteiger charge is -2.60. The Balaban J connectivity index is 1.26. The first-order valence-electron chi connectivity index (χ1n) is 14.9. The van der Waals surface area contributed by atoms with Gasteiger partial charge in [0.05, 0.1) is 0 Å². The van der Waals surface area contributed by atoms with E-state index in [1.807, 2.05) is 5.57 Å². The lowest BCUT2D eigenvalue weighted by Crippen LogP contribution is -2.54. The first-order valence-corrected chi connectivity index (χ1v) is 14.9. The van der Waals surface area contributed by atoms with Gasteiger partial charge in [-0.1, -0.05) is 83.8 Å². The van der Waals surface area contributed by atoms with Crippen LogP contribution >= 0.6 is 0 Å². The van der Waals surface area contributed by atoms with E-state index in [2.05, 4.69) is 26.8 Å². The van der Waals surface area contributed by atoms with Gasteiger partial charge in [0.25, 0.3) is 0 Å². The molecule has 4 saturated carbocycles. The van der Waals surface area contributed by atoms with Crippen molar-refractivity contribution in [3.8, 4) is 0 Å². The molecule has 7 atom stereocenters. The molecule has 0 radical (unpaired) electrons. The fourth-order valence-corrected chi connectivity index (χ4v) is 9.21. The largest absolute Gasteiger partial charge is 0.328 e. The standard InChI is InChI=1S/C31H55N/c1-4-5-6-7-8-9-10-11-12-13-14-24-16-18-28-27-17-15-25-23-26(32)19-21-31(25,3)29(27)20-22-30(24,28)2/h14,25-29H,4-13,15-23,32H2,1-3H3/b24-14+/t25?,26-,27?,28?,29?,30-,31+/m1/s1. The summed E-state index contributed by atoms with van der Waals surface area (Å²) < 4.78 is 0. The molecular weight excluding hydrogens is 386 g/mol. The van der Waals surface area contributed by atoms with Crippen molar-refractivity contribution in [2.24, 2.45) is 40.2 Å². The minimum absolute atomic E-state index is 0.487. The molecule has 1 nitrogen and oxygen atoms in total. The highest BCUT2D eigenvalue weighted by Gasteiger charge is 2.58. The van der Waals surface area contributed by atoms with Crippen LogP contribution < -0.4 is 5.73 Å². The Labute approximate surface area is 200 Å². The van der Waals surface area contributed by atoms with Crippen molar-refractivity contribution in [3.63, 3.8) is 0 Å². The van der Waals surface area contributed by atoms with Crippen LogP contribution in [0.25, 0.3) is 0 Å². The molecule has 0 heterocycles. The number of hydrogen-bond donors (Lipinski definition) is 1. The van der Waals surface area contributed by atoms with E-state index in [-0.39, 0.29) is 0 Å². The summed E-state index contributed by atoms with van der Waals surface area (Å²) in [4.78, 5) is 0. The highest BCUT2D eigenvalue weighted by atomic mass is 14.7. The van der Waals surface area contributed by atoms with Crippen molar-refractivity contribution in [2.45, 2.75) is 149 Å². The minimum Gasteiger partial charge on any atom is -0.328 e. The summed E-state index contributed by atoms with van der Waals surface area (Å²) in [6.45, 7) is 7.66. The van der Waals surface area contributed by atoms with Crippen LogP contribution in [0.4, 0.5) is 0 Å². The Morgan fingerprint density at radius 1 is 0.812 bits per heavy atom. The normalized spacial score (nSPS) is 42.5. The van der Waals surface area contributed by atoms with Crippen molar-refractivity contribution in [1.29, 1.82) is 0 Å². The maximum absolute atomic E-state index is 6.40. The Morgan fingerprint density at radius 3 is 2.28 bits per heavy atom. The lowest BCUT2D eigenvalue weighted by atomic mass is 9.45. The van der Waals surface area contributed by atoms with E-state index in [0.29, 0.717) is 16.9 Å². The van der Waals surface area contributed by atoms with Crippen LogP contribution in [-0.2, 0) is 0 Å². The summed E-state index contributed by atoms with van der Waals surface area (Å²) in [6.07, 6.45) is 29.9. The van der Waals surface area contributed by atoms with Gasteiger partial charge in [-0.3, -0.25) is 0 Å². The molecule has 0 aromatic rings. The van der Waals surface area contributed by atoms with E-state index in [1.54, 1.807) is 0 Å². The SMILES string of the molecule is CCCCCCCCCCC/C=C1\CCC2C3CCC4C[C@H](N)CC[C@]4(C)C3CC[C@]12C. The summed E-state index contributed by atoms with van der Waals surface area (Å²) in [5.41, 5.74) is 9.41. The number of rotatable bonds is 10. The van der Waals surface area contributed by atoms with E-state index in [0.717, 1.165) is 23.7 Å². The number of unbranched alkanes of at least 4 members (excludes halogenated alkanes) is 9. The van der Waals surface area contributed by atoms with Crippen LogP contribution in [0.2, 0.25) is 0 Å². The summed E-state index contributed by atoms with van der Waals surface area (Å²) in [6, 6.07) is 0.487. The second-order valence-corrected chi connectivity index (χ2v) is 13.0. The molecule has 0 aromatic carbocycles. The molecule has 0 amide bonds. The molecule has 0 saturated heterocycles. The van der Waals surface area contributed by atoms with Crippen LogP contribution in [0.15, 0.2) is 11.6 Å². The third-order valence-corrected chi connectivity index (χ3v) is 11.3. The third-order valence-electron chi connectivity index (χ3n) is 11.3. The summed E-state index contributed by atoms with van der Waals surface area (Å²) >= 11 is 0. The van der Waals surface area contributed by atoms with Crippen molar-refractivity contribution >= 4 is 0 Å². The fraction of sp³-hybridized carbons (Fsp3) is 0.935.